The number of likely N-dealkylation sites (tertiary alicyclic amines) is 1. The number of hydrogen-bond acceptors (Lipinski definition) is 2. The molecule has 1 aromatic rings. The average Bonchev–Trinajstić information content (AvgIpc) is 2.96. The van der Waals surface area contributed by atoms with Gasteiger partial charge in [0.2, 0.25) is 5.91 Å². The first kappa shape index (κ1) is 19.7. The number of benzene rings is 1. The second-order valence-electron chi connectivity index (χ2n) is 8.71. The molecule has 2 bridgehead atoms. The van der Waals surface area contributed by atoms with E-state index in [0.29, 0.717) is 35.7 Å². The smallest absolute Gasteiger partial charge is 0.225 e. The number of carbonyl (C=O) groups is 1. The zero-order valence-corrected chi connectivity index (χ0v) is 16.7. The van der Waals surface area contributed by atoms with Crippen LogP contribution in [0.5, 0.6) is 0 Å². The van der Waals surface area contributed by atoms with Crippen LogP contribution in [0.25, 0.3) is 0 Å². The summed E-state index contributed by atoms with van der Waals surface area (Å²) < 4.78 is 0. The molecule has 0 aromatic heterocycles. The Balaban J connectivity index is 0.00000196. The van der Waals surface area contributed by atoms with Crippen LogP contribution < -0.4 is 5.73 Å². The molecule has 3 fully saturated rings. The van der Waals surface area contributed by atoms with Gasteiger partial charge in [0.15, 0.2) is 0 Å². The number of fused-ring (bicyclic) bond motifs is 2. The van der Waals surface area contributed by atoms with Crippen molar-refractivity contribution < 1.29 is 4.79 Å². The summed E-state index contributed by atoms with van der Waals surface area (Å²) in [4.78, 5) is 15.4. The van der Waals surface area contributed by atoms with E-state index in [-0.39, 0.29) is 18.3 Å². The summed E-state index contributed by atoms with van der Waals surface area (Å²) in [5, 5.41) is 0. The van der Waals surface area contributed by atoms with Crippen molar-refractivity contribution in [2.24, 2.45) is 29.4 Å². The summed E-state index contributed by atoms with van der Waals surface area (Å²) in [6.07, 6.45) is 8.06. The maximum atomic E-state index is 13.2. The molecule has 4 atom stereocenters. The van der Waals surface area contributed by atoms with Gasteiger partial charge < -0.3 is 10.6 Å². The number of nitrogens with zero attached hydrogens (tertiary/aromatic N) is 1. The van der Waals surface area contributed by atoms with Crippen LogP contribution in [0.15, 0.2) is 30.3 Å². The number of amides is 1. The Morgan fingerprint density at radius 2 is 1.77 bits per heavy atom. The molecule has 3 nitrogen and oxygen atoms in total. The van der Waals surface area contributed by atoms with Crippen molar-refractivity contribution in [3.8, 4) is 0 Å². The molecule has 4 rings (SSSR count). The largest absolute Gasteiger partial charge is 0.339 e. The summed E-state index contributed by atoms with van der Waals surface area (Å²) in [6, 6.07) is 11.4. The zero-order chi connectivity index (χ0) is 17.4. The van der Waals surface area contributed by atoms with E-state index in [4.69, 9.17) is 5.73 Å². The second-order valence-corrected chi connectivity index (χ2v) is 8.71. The van der Waals surface area contributed by atoms with Gasteiger partial charge in [-0.05, 0) is 68.8 Å². The minimum Gasteiger partial charge on any atom is -0.339 e. The van der Waals surface area contributed by atoms with Gasteiger partial charge in [-0.3, -0.25) is 4.79 Å². The number of halogens is 1. The molecule has 1 aromatic carbocycles. The molecule has 4 heteroatoms. The minimum absolute atomic E-state index is 0. The van der Waals surface area contributed by atoms with E-state index in [2.05, 4.69) is 42.2 Å². The van der Waals surface area contributed by atoms with Gasteiger partial charge in [0.1, 0.15) is 0 Å². The third-order valence-electron chi connectivity index (χ3n) is 7.30. The lowest BCUT2D eigenvalue weighted by atomic mass is 9.65. The Morgan fingerprint density at radius 1 is 1.12 bits per heavy atom. The highest BCUT2D eigenvalue weighted by Gasteiger charge is 2.43. The third kappa shape index (κ3) is 3.80. The highest BCUT2D eigenvalue weighted by Crippen LogP contribution is 2.43. The average molecular weight is 377 g/mol. The number of hydrogen-bond donors (Lipinski definition) is 1. The predicted molar refractivity (Wildman–Crippen MR) is 108 cm³/mol. The maximum absolute atomic E-state index is 13.2. The monoisotopic (exact) mass is 376 g/mol. The van der Waals surface area contributed by atoms with E-state index in [1.54, 1.807) is 0 Å². The Bertz CT molecular complexity index is 593. The van der Waals surface area contributed by atoms with Gasteiger partial charge in [-0.15, -0.1) is 12.4 Å². The van der Waals surface area contributed by atoms with Crippen LogP contribution in [0.2, 0.25) is 0 Å². The van der Waals surface area contributed by atoms with Gasteiger partial charge in [-0.2, -0.15) is 0 Å². The van der Waals surface area contributed by atoms with E-state index in [9.17, 15) is 4.79 Å². The van der Waals surface area contributed by atoms with E-state index in [0.717, 1.165) is 32.2 Å². The zero-order valence-electron chi connectivity index (χ0n) is 15.8. The summed E-state index contributed by atoms with van der Waals surface area (Å²) >= 11 is 0. The molecule has 144 valence electrons. The molecular formula is C22H33ClN2O. The van der Waals surface area contributed by atoms with Crippen molar-refractivity contribution in [3.05, 3.63) is 35.9 Å². The first-order valence-corrected chi connectivity index (χ1v) is 10.2. The van der Waals surface area contributed by atoms with Crippen molar-refractivity contribution in [1.82, 2.24) is 4.90 Å². The highest BCUT2D eigenvalue weighted by molar-refractivity contribution is 5.85. The molecule has 0 radical (unpaired) electrons. The summed E-state index contributed by atoms with van der Waals surface area (Å²) in [5.74, 6) is 2.41. The van der Waals surface area contributed by atoms with Crippen LogP contribution >= 0.6 is 12.4 Å². The van der Waals surface area contributed by atoms with Crippen LogP contribution in [0, 0.1) is 23.7 Å². The summed E-state index contributed by atoms with van der Waals surface area (Å²) in [7, 11) is 0. The van der Waals surface area contributed by atoms with E-state index in [1.165, 1.54) is 24.8 Å². The van der Waals surface area contributed by atoms with Gasteiger partial charge in [-0.25, -0.2) is 0 Å². The molecular weight excluding hydrogens is 344 g/mol. The Kier molecular flexibility index (Phi) is 6.29. The normalized spacial score (nSPS) is 36.5. The van der Waals surface area contributed by atoms with Crippen LogP contribution in [-0.2, 0) is 11.2 Å². The molecule has 1 heterocycles. The van der Waals surface area contributed by atoms with E-state index >= 15 is 0 Å². The molecule has 0 spiro atoms. The van der Waals surface area contributed by atoms with Crippen molar-refractivity contribution in [3.63, 3.8) is 0 Å². The fraction of sp³-hybridized carbons (Fsp3) is 0.682. The third-order valence-corrected chi connectivity index (χ3v) is 7.30. The lowest BCUT2D eigenvalue weighted by Crippen LogP contribution is -2.50. The minimum atomic E-state index is 0. The van der Waals surface area contributed by atoms with Gasteiger partial charge in [0.25, 0.3) is 0 Å². The van der Waals surface area contributed by atoms with Crippen LogP contribution in [-0.4, -0.2) is 29.4 Å². The fourth-order valence-electron chi connectivity index (χ4n) is 5.73. The standard InChI is InChI=1S/C22H32N2O.ClH/c1-15-17(12-16-6-3-2-4-7-16)10-11-24(15)22(25)20-13-18-8-5-9-19(14-20)21(18)23;/h2-4,6-7,15,17-21H,5,8-14,23H2,1H3;1H. The first-order valence-electron chi connectivity index (χ1n) is 10.2. The molecule has 26 heavy (non-hydrogen) atoms. The summed E-state index contributed by atoms with van der Waals surface area (Å²) in [6.45, 7) is 3.20. The van der Waals surface area contributed by atoms with Gasteiger partial charge in [0.05, 0.1) is 0 Å². The van der Waals surface area contributed by atoms with Crippen LogP contribution in [0.1, 0.15) is 51.0 Å². The summed E-state index contributed by atoms with van der Waals surface area (Å²) in [5.41, 5.74) is 7.81. The maximum Gasteiger partial charge on any atom is 0.225 e. The molecule has 1 aliphatic heterocycles. The quantitative estimate of drug-likeness (QED) is 0.865. The molecule has 1 saturated heterocycles. The molecule has 2 saturated carbocycles. The molecule has 2 aliphatic carbocycles. The molecule has 3 aliphatic rings. The van der Waals surface area contributed by atoms with Gasteiger partial charge >= 0.3 is 0 Å². The predicted octanol–water partition coefficient (Wildman–Crippen LogP) is 4.04. The number of nitrogens with two attached hydrogens (primary N) is 1. The van der Waals surface area contributed by atoms with E-state index in [1.807, 2.05) is 0 Å². The second kappa shape index (κ2) is 8.31. The topological polar surface area (TPSA) is 46.3 Å². The molecule has 2 N–H and O–H groups in total. The lowest BCUT2D eigenvalue weighted by Gasteiger charge is -2.44. The van der Waals surface area contributed by atoms with Crippen molar-refractivity contribution >= 4 is 18.3 Å². The highest BCUT2D eigenvalue weighted by atomic mass is 35.5. The van der Waals surface area contributed by atoms with Gasteiger partial charge in [0, 0.05) is 24.5 Å². The first-order chi connectivity index (χ1) is 12.1. The van der Waals surface area contributed by atoms with Crippen molar-refractivity contribution in [2.75, 3.05) is 6.54 Å². The molecule has 4 unspecified atom stereocenters. The van der Waals surface area contributed by atoms with Crippen LogP contribution in [0.3, 0.4) is 0 Å². The van der Waals surface area contributed by atoms with E-state index < -0.39 is 0 Å². The SMILES string of the molecule is CC1C(Cc2ccccc2)CCN1C(=O)C1CC2CCCC(C1)C2N.Cl. The lowest BCUT2D eigenvalue weighted by molar-refractivity contribution is -0.139. The number of rotatable bonds is 3. The fourth-order valence-corrected chi connectivity index (χ4v) is 5.73. The van der Waals surface area contributed by atoms with Crippen LogP contribution in [0.4, 0.5) is 0 Å². The molecule has 1 amide bonds. The Morgan fingerprint density at radius 3 is 2.42 bits per heavy atom. The van der Waals surface area contributed by atoms with Crippen molar-refractivity contribution in [2.45, 2.75) is 64.0 Å². The number of carbonyl (C=O) groups excluding carboxylic acids is 1. The van der Waals surface area contributed by atoms with Gasteiger partial charge in [-0.1, -0.05) is 36.8 Å². The Hall–Kier alpha value is -1.06. The Labute approximate surface area is 164 Å². The van der Waals surface area contributed by atoms with Crippen molar-refractivity contribution in [1.29, 1.82) is 0 Å².